The predicted molar refractivity (Wildman–Crippen MR) is 85.6 cm³/mol. The number of piperidine rings is 1. The molecule has 0 saturated carbocycles. The van der Waals surface area contributed by atoms with Crippen LogP contribution in [0.1, 0.15) is 45.3 Å². The first-order valence-electron chi connectivity index (χ1n) is 7.62. The van der Waals surface area contributed by atoms with Crippen LogP contribution in [-0.2, 0) is 4.74 Å². The lowest BCUT2D eigenvalue weighted by molar-refractivity contribution is 0.0498. The third-order valence-corrected chi connectivity index (χ3v) is 5.04. The summed E-state index contributed by atoms with van der Waals surface area (Å²) in [6.45, 7) is 9.74. The van der Waals surface area contributed by atoms with Gasteiger partial charge in [-0.25, -0.2) is 4.98 Å². The highest BCUT2D eigenvalue weighted by atomic mass is 32.1. The number of anilines is 1. The number of rotatable bonds is 6. The summed E-state index contributed by atoms with van der Waals surface area (Å²) in [5, 5.41) is 6.81. The molecule has 0 bridgehead atoms. The average Bonchev–Trinajstić information content (AvgIpc) is 2.95. The van der Waals surface area contributed by atoms with Crippen LogP contribution in [0.2, 0.25) is 0 Å². The maximum Gasteiger partial charge on any atom is 0.185 e. The smallest absolute Gasteiger partial charge is 0.185 e. The molecule has 0 aromatic carbocycles. The Morgan fingerprint density at radius 1 is 1.60 bits per heavy atom. The normalized spacial score (nSPS) is 24.9. The highest BCUT2D eigenvalue weighted by Crippen LogP contribution is 2.29. The van der Waals surface area contributed by atoms with E-state index in [1.165, 1.54) is 6.42 Å². The van der Waals surface area contributed by atoms with Crippen LogP contribution < -0.4 is 10.2 Å². The maximum atomic E-state index is 5.59. The van der Waals surface area contributed by atoms with Gasteiger partial charge in [0.25, 0.3) is 0 Å². The number of nitrogens with zero attached hydrogens (tertiary/aromatic N) is 2. The van der Waals surface area contributed by atoms with E-state index in [0.717, 1.165) is 36.9 Å². The molecule has 1 aromatic heterocycles. The Hall–Kier alpha value is -0.650. The van der Waals surface area contributed by atoms with Gasteiger partial charge in [0, 0.05) is 31.6 Å². The maximum absolute atomic E-state index is 5.59. The Bertz CT molecular complexity index is 410. The van der Waals surface area contributed by atoms with E-state index in [-0.39, 0.29) is 0 Å². The van der Waals surface area contributed by atoms with Crippen LogP contribution in [0.4, 0.5) is 5.13 Å². The van der Waals surface area contributed by atoms with Crippen LogP contribution in [0.25, 0.3) is 0 Å². The predicted octanol–water partition coefficient (Wildman–Crippen LogP) is 3.06. The van der Waals surface area contributed by atoms with Crippen molar-refractivity contribution in [2.45, 2.75) is 45.8 Å². The van der Waals surface area contributed by atoms with E-state index >= 15 is 0 Å². The highest BCUT2D eigenvalue weighted by molar-refractivity contribution is 7.13. The van der Waals surface area contributed by atoms with Gasteiger partial charge in [-0.15, -0.1) is 11.3 Å². The Kier molecular flexibility index (Phi) is 5.81. The van der Waals surface area contributed by atoms with E-state index in [1.54, 1.807) is 11.3 Å². The molecule has 1 aliphatic heterocycles. The van der Waals surface area contributed by atoms with E-state index in [0.29, 0.717) is 18.1 Å². The van der Waals surface area contributed by atoms with Gasteiger partial charge in [0.05, 0.1) is 11.8 Å². The first-order valence-corrected chi connectivity index (χ1v) is 8.50. The molecule has 1 aromatic rings. The number of nitrogens with one attached hydrogen (secondary N) is 1. The van der Waals surface area contributed by atoms with Gasteiger partial charge in [-0.1, -0.05) is 13.8 Å². The van der Waals surface area contributed by atoms with Crippen molar-refractivity contribution in [3.63, 3.8) is 0 Å². The molecule has 2 rings (SSSR count). The molecule has 0 amide bonds. The van der Waals surface area contributed by atoms with Gasteiger partial charge < -0.3 is 15.0 Å². The topological polar surface area (TPSA) is 37.4 Å². The molecule has 3 atom stereocenters. The minimum atomic E-state index is 0.326. The number of aromatic nitrogens is 1. The van der Waals surface area contributed by atoms with Crippen LogP contribution in [0.5, 0.6) is 0 Å². The number of hydrogen-bond acceptors (Lipinski definition) is 5. The standard InChI is InChI=1S/C15H27N3OS/c1-5-7-16-12(3)13-10-20-15(17-13)18-8-6-11(2)14(9-18)19-4/h10-12,14,16H,5-9H2,1-4H3. The van der Waals surface area contributed by atoms with Crippen molar-refractivity contribution in [1.29, 1.82) is 0 Å². The number of hydrogen-bond donors (Lipinski definition) is 1. The molecule has 1 saturated heterocycles. The molecule has 1 N–H and O–H groups in total. The van der Waals surface area contributed by atoms with Crippen molar-refractivity contribution in [3.8, 4) is 0 Å². The van der Waals surface area contributed by atoms with Gasteiger partial charge in [0.1, 0.15) is 0 Å². The minimum Gasteiger partial charge on any atom is -0.379 e. The summed E-state index contributed by atoms with van der Waals surface area (Å²) >= 11 is 1.75. The van der Waals surface area contributed by atoms with Crippen LogP contribution in [0, 0.1) is 5.92 Å². The lowest BCUT2D eigenvalue weighted by atomic mass is 9.96. The summed E-state index contributed by atoms with van der Waals surface area (Å²) in [5.74, 6) is 0.640. The fraction of sp³-hybridized carbons (Fsp3) is 0.800. The monoisotopic (exact) mass is 297 g/mol. The molecule has 114 valence electrons. The summed E-state index contributed by atoms with van der Waals surface area (Å²) in [6, 6.07) is 0.335. The summed E-state index contributed by atoms with van der Waals surface area (Å²) in [7, 11) is 1.81. The molecule has 20 heavy (non-hydrogen) atoms. The van der Waals surface area contributed by atoms with Crippen LogP contribution >= 0.6 is 11.3 Å². The second-order valence-corrected chi connectivity index (χ2v) is 6.55. The van der Waals surface area contributed by atoms with E-state index in [1.807, 2.05) is 7.11 Å². The van der Waals surface area contributed by atoms with Crippen molar-refractivity contribution >= 4 is 16.5 Å². The molecule has 4 nitrogen and oxygen atoms in total. The Morgan fingerprint density at radius 3 is 3.10 bits per heavy atom. The molecule has 2 heterocycles. The Morgan fingerprint density at radius 2 is 2.40 bits per heavy atom. The molecule has 1 fully saturated rings. The zero-order valence-corrected chi connectivity index (χ0v) is 13.9. The molecule has 1 aliphatic rings. The third-order valence-electron chi connectivity index (χ3n) is 4.12. The van der Waals surface area contributed by atoms with Crippen LogP contribution in [0.15, 0.2) is 5.38 Å². The average molecular weight is 297 g/mol. The van der Waals surface area contributed by atoms with Gasteiger partial charge in [-0.3, -0.25) is 0 Å². The lowest BCUT2D eigenvalue weighted by Crippen LogP contribution is -2.43. The SMILES string of the molecule is CCCNC(C)c1csc(N2CCC(C)C(OC)C2)n1. The summed E-state index contributed by atoms with van der Waals surface area (Å²) < 4.78 is 5.59. The summed E-state index contributed by atoms with van der Waals surface area (Å²) in [5.41, 5.74) is 1.16. The van der Waals surface area contributed by atoms with E-state index < -0.39 is 0 Å². The largest absolute Gasteiger partial charge is 0.379 e. The van der Waals surface area contributed by atoms with E-state index in [9.17, 15) is 0 Å². The Balaban J connectivity index is 1.98. The molecule has 0 radical (unpaired) electrons. The molecule has 0 aliphatic carbocycles. The van der Waals surface area contributed by atoms with Gasteiger partial charge >= 0.3 is 0 Å². The summed E-state index contributed by atoms with van der Waals surface area (Å²) in [6.07, 6.45) is 2.66. The van der Waals surface area contributed by atoms with Crippen LogP contribution in [-0.4, -0.2) is 37.8 Å². The van der Waals surface area contributed by atoms with Gasteiger partial charge in [-0.2, -0.15) is 0 Å². The third kappa shape index (κ3) is 3.71. The highest BCUT2D eigenvalue weighted by Gasteiger charge is 2.27. The van der Waals surface area contributed by atoms with Crippen molar-refractivity contribution in [2.75, 3.05) is 31.6 Å². The van der Waals surface area contributed by atoms with E-state index in [4.69, 9.17) is 9.72 Å². The Labute approximate surface area is 126 Å². The zero-order chi connectivity index (χ0) is 14.5. The number of methoxy groups -OCH3 is 1. The van der Waals surface area contributed by atoms with Crippen LogP contribution in [0.3, 0.4) is 0 Å². The van der Waals surface area contributed by atoms with Gasteiger partial charge in [0.15, 0.2) is 5.13 Å². The second-order valence-electron chi connectivity index (χ2n) is 5.72. The van der Waals surface area contributed by atoms with Crippen molar-refractivity contribution in [2.24, 2.45) is 5.92 Å². The second kappa shape index (κ2) is 7.38. The quantitative estimate of drug-likeness (QED) is 0.875. The lowest BCUT2D eigenvalue weighted by Gasteiger charge is -2.36. The fourth-order valence-corrected chi connectivity index (χ4v) is 3.56. The summed E-state index contributed by atoms with van der Waals surface area (Å²) in [4.78, 5) is 7.18. The van der Waals surface area contributed by atoms with Gasteiger partial charge in [-0.05, 0) is 32.2 Å². The number of thiazole rings is 1. The van der Waals surface area contributed by atoms with Gasteiger partial charge in [0.2, 0.25) is 0 Å². The van der Waals surface area contributed by atoms with Crippen molar-refractivity contribution in [1.82, 2.24) is 10.3 Å². The van der Waals surface area contributed by atoms with E-state index in [2.05, 4.69) is 36.4 Å². The zero-order valence-electron chi connectivity index (χ0n) is 13.1. The van der Waals surface area contributed by atoms with Crippen molar-refractivity contribution in [3.05, 3.63) is 11.1 Å². The number of ether oxygens (including phenoxy) is 1. The first-order chi connectivity index (χ1) is 9.65. The molecular weight excluding hydrogens is 270 g/mol. The molecular formula is C15H27N3OS. The fourth-order valence-electron chi connectivity index (χ4n) is 2.60. The van der Waals surface area contributed by atoms with Crippen molar-refractivity contribution < 1.29 is 4.74 Å². The first kappa shape index (κ1) is 15.7. The molecule has 5 heteroatoms. The minimum absolute atomic E-state index is 0.326. The molecule has 0 spiro atoms. The molecule has 3 unspecified atom stereocenters.